The van der Waals surface area contributed by atoms with Crippen LogP contribution in [0, 0.1) is 0 Å². The molecule has 0 atom stereocenters. The van der Waals surface area contributed by atoms with Gasteiger partial charge in [-0.25, -0.2) is 0 Å². The summed E-state index contributed by atoms with van der Waals surface area (Å²) < 4.78 is 4.99. The van der Waals surface area contributed by atoms with Gasteiger partial charge in [-0.15, -0.1) is 0 Å². The number of rotatable bonds is 4. The first kappa shape index (κ1) is 13.6. The molecule has 0 saturated heterocycles. The number of anilines is 2. The number of allylic oxidation sites excluding steroid dienone is 1. The highest BCUT2D eigenvalue weighted by Crippen LogP contribution is 2.14. The molecule has 102 valence electrons. The molecule has 0 unspecified atom stereocenters. The molecule has 2 rings (SSSR count). The molecule has 1 heterocycles. The number of benzene rings is 1. The summed E-state index contributed by atoms with van der Waals surface area (Å²) in [5.41, 5.74) is 1.28. The van der Waals surface area contributed by atoms with Crippen LogP contribution in [0.1, 0.15) is 17.5 Å². The van der Waals surface area contributed by atoms with Crippen molar-refractivity contribution in [2.45, 2.75) is 6.92 Å². The van der Waals surface area contributed by atoms with E-state index in [0.29, 0.717) is 11.4 Å². The third-order valence-electron chi connectivity index (χ3n) is 2.47. The van der Waals surface area contributed by atoms with Gasteiger partial charge in [0.05, 0.1) is 6.26 Å². The van der Waals surface area contributed by atoms with Crippen LogP contribution in [0.3, 0.4) is 0 Å². The lowest BCUT2D eigenvalue weighted by atomic mass is 10.2. The van der Waals surface area contributed by atoms with Gasteiger partial charge in [0.1, 0.15) is 0 Å². The summed E-state index contributed by atoms with van der Waals surface area (Å²) in [5.74, 6) is -0.268. The van der Waals surface area contributed by atoms with Crippen molar-refractivity contribution in [2.24, 2.45) is 0 Å². The zero-order chi connectivity index (χ0) is 14.4. The molecular weight excluding hydrogens is 256 g/mol. The fourth-order valence-electron chi connectivity index (χ4n) is 1.57. The van der Waals surface area contributed by atoms with Gasteiger partial charge in [0.2, 0.25) is 5.91 Å². The second-order valence-electron chi connectivity index (χ2n) is 4.00. The maximum Gasteiger partial charge on any atom is 0.291 e. The van der Waals surface area contributed by atoms with E-state index in [9.17, 15) is 9.59 Å². The second-order valence-corrected chi connectivity index (χ2v) is 4.00. The predicted molar refractivity (Wildman–Crippen MR) is 76.5 cm³/mol. The highest BCUT2D eigenvalue weighted by molar-refractivity contribution is 6.02. The number of furan rings is 1. The summed E-state index contributed by atoms with van der Waals surface area (Å²) in [6, 6.07) is 10.0. The van der Waals surface area contributed by atoms with E-state index in [1.807, 2.05) is 0 Å². The average molecular weight is 270 g/mol. The smallest absolute Gasteiger partial charge is 0.291 e. The maximum absolute atomic E-state index is 11.7. The zero-order valence-electron chi connectivity index (χ0n) is 10.9. The molecule has 0 aliphatic heterocycles. The Kier molecular flexibility index (Phi) is 4.34. The van der Waals surface area contributed by atoms with Crippen LogP contribution in [0.2, 0.25) is 0 Å². The van der Waals surface area contributed by atoms with Crippen LogP contribution in [0.25, 0.3) is 0 Å². The third kappa shape index (κ3) is 3.58. The SMILES string of the molecule is C/C=C/C(=O)Nc1ccc(NC(=O)c2ccco2)cc1. The molecule has 0 aliphatic carbocycles. The molecule has 0 bridgehead atoms. The molecule has 20 heavy (non-hydrogen) atoms. The Morgan fingerprint density at radius 2 is 1.70 bits per heavy atom. The first-order valence-electron chi connectivity index (χ1n) is 6.07. The summed E-state index contributed by atoms with van der Waals surface area (Å²) in [4.78, 5) is 23.1. The molecule has 0 radical (unpaired) electrons. The highest BCUT2D eigenvalue weighted by atomic mass is 16.3. The van der Waals surface area contributed by atoms with Gasteiger partial charge in [-0.05, 0) is 49.4 Å². The maximum atomic E-state index is 11.7. The second kappa shape index (κ2) is 6.38. The van der Waals surface area contributed by atoms with Gasteiger partial charge >= 0.3 is 0 Å². The summed E-state index contributed by atoms with van der Waals surface area (Å²) in [7, 11) is 0. The van der Waals surface area contributed by atoms with Crippen molar-refractivity contribution in [3.05, 3.63) is 60.6 Å². The van der Waals surface area contributed by atoms with Crippen molar-refractivity contribution >= 4 is 23.2 Å². The summed E-state index contributed by atoms with van der Waals surface area (Å²) >= 11 is 0. The molecule has 0 spiro atoms. The van der Waals surface area contributed by atoms with E-state index in [-0.39, 0.29) is 17.6 Å². The van der Waals surface area contributed by atoms with Crippen LogP contribution < -0.4 is 10.6 Å². The van der Waals surface area contributed by atoms with E-state index >= 15 is 0 Å². The lowest BCUT2D eigenvalue weighted by Gasteiger charge is -2.05. The van der Waals surface area contributed by atoms with Crippen molar-refractivity contribution in [2.75, 3.05) is 10.6 Å². The van der Waals surface area contributed by atoms with Crippen LogP contribution in [-0.2, 0) is 4.79 Å². The van der Waals surface area contributed by atoms with Crippen molar-refractivity contribution < 1.29 is 14.0 Å². The van der Waals surface area contributed by atoms with Crippen LogP contribution in [-0.4, -0.2) is 11.8 Å². The van der Waals surface area contributed by atoms with Crippen molar-refractivity contribution in [3.8, 4) is 0 Å². The molecule has 0 fully saturated rings. The Bertz CT molecular complexity index is 613. The molecule has 1 aromatic heterocycles. The minimum atomic E-state index is -0.319. The fraction of sp³-hybridized carbons (Fsp3) is 0.0667. The monoisotopic (exact) mass is 270 g/mol. The summed E-state index contributed by atoms with van der Waals surface area (Å²) in [6.07, 6.45) is 4.54. The Morgan fingerprint density at radius 3 is 2.25 bits per heavy atom. The van der Waals surface area contributed by atoms with Gasteiger partial charge in [-0.3, -0.25) is 9.59 Å². The van der Waals surface area contributed by atoms with Gasteiger partial charge < -0.3 is 15.1 Å². The first-order valence-corrected chi connectivity index (χ1v) is 6.07. The molecule has 1 aromatic carbocycles. The lowest BCUT2D eigenvalue weighted by molar-refractivity contribution is -0.111. The number of nitrogens with one attached hydrogen (secondary N) is 2. The molecular formula is C15H14N2O3. The van der Waals surface area contributed by atoms with E-state index in [1.54, 1.807) is 49.4 Å². The van der Waals surface area contributed by atoms with Crippen LogP contribution in [0.15, 0.2) is 59.2 Å². The highest BCUT2D eigenvalue weighted by Gasteiger charge is 2.08. The third-order valence-corrected chi connectivity index (χ3v) is 2.47. The van der Waals surface area contributed by atoms with Gasteiger partial charge in [-0.1, -0.05) is 6.08 Å². The first-order chi connectivity index (χ1) is 9.69. The van der Waals surface area contributed by atoms with Crippen molar-refractivity contribution in [1.29, 1.82) is 0 Å². The predicted octanol–water partition coefficient (Wildman–Crippen LogP) is 3.05. The molecule has 2 aromatic rings. The molecule has 2 amide bonds. The largest absolute Gasteiger partial charge is 0.459 e. The van der Waals surface area contributed by atoms with E-state index in [1.165, 1.54) is 12.3 Å². The molecule has 5 heteroatoms. The normalized spacial score (nSPS) is 10.4. The van der Waals surface area contributed by atoms with E-state index in [4.69, 9.17) is 4.42 Å². The Morgan fingerprint density at radius 1 is 1.05 bits per heavy atom. The minimum absolute atomic E-state index is 0.195. The van der Waals surface area contributed by atoms with Crippen LogP contribution >= 0.6 is 0 Å². The quantitative estimate of drug-likeness (QED) is 0.839. The van der Waals surface area contributed by atoms with Gasteiger partial charge in [0, 0.05) is 11.4 Å². The molecule has 0 aliphatic rings. The number of carbonyl (C=O) groups excluding carboxylic acids is 2. The molecule has 5 nitrogen and oxygen atoms in total. The number of hydrogen-bond donors (Lipinski definition) is 2. The average Bonchev–Trinajstić information content (AvgIpc) is 2.95. The topological polar surface area (TPSA) is 71.3 Å². The Balaban J connectivity index is 1.98. The molecule has 0 saturated carbocycles. The number of hydrogen-bond acceptors (Lipinski definition) is 3. The minimum Gasteiger partial charge on any atom is -0.459 e. The van der Waals surface area contributed by atoms with Crippen molar-refractivity contribution in [3.63, 3.8) is 0 Å². The summed E-state index contributed by atoms with van der Waals surface area (Å²) in [5, 5.41) is 5.38. The number of amides is 2. The summed E-state index contributed by atoms with van der Waals surface area (Å²) in [6.45, 7) is 1.77. The lowest BCUT2D eigenvalue weighted by Crippen LogP contribution is -2.11. The van der Waals surface area contributed by atoms with Crippen molar-refractivity contribution in [1.82, 2.24) is 0 Å². The molecule has 2 N–H and O–H groups in total. The van der Waals surface area contributed by atoms with Crippen LogP contribution in [0.5, 0.6) is 0 Å². The zero-order valence-corrected chi connectivity index (χ0v) is 10.9. The van der Waals surface area contributed by atoms with Gasteiger partial charge in [0.15, 0.2) is 5.76 Å². The Labute approximate surface area is 116 Å². The van der Waals surface area contributed by atoms with E-state index in [2.05, 4.69) is 10.6 Å². The van der Waals surface area contributed by atoms with Crippen LogP contribution in [0.4, 0.5) is 11.4 Å². The van der Waals surface area contributed by atoms with Gasteiger partial charge in [-0.2, -0.15) is 0 Å². The standard InChI is InChI=1S/C15H14N2O3/c1-2-4-14(18)16-11-6-8-12(9-7-11)17-15(19)13-5-3-10-20-13/h2-10H,1H3,(H,16,18)(H,17,19)/b4-2+. The van der Waals surface area contributed by atoms with Gasteiger partial charge in [0.25, 0.3) is 5.91 Å². The number of carbonyl (C=O) groups is 2. The Hall–Kier alpha value is -2.82. The van der Waals surface area contributed by atoms with E-state index in [0.717, 1.165) is 0 Å². The fourth-order valence-corrected chi connectivity index (χ4v) is 1.57. The van der Waals surface area contributed by atoms with E-state index < -0.39 is 0 Å².